The number of hydrogen-bond donors (Lipinski definition) is 0. The second-order valence-electron chi connectivity index (χ2n) is 5.35. The molecule has 0 aromatic heterocycles. The van der Waals surface area contributed by atoms with Crippen molar-refractivity contribution in [2.75, 3.05) is 14.2 Å². The normalized spacial score (nSPS) is 15.0. The third kappa shape index (κ3) is 5.13. The minimum Gasteiger partial charge on any atom is -0.497 e. The van der Waals surface area contributed by atoms with Gasteiger partial charge in [-0.3, -0.25) is 9.59 Å². The van der Waals surface area contributed by atoms with Crippen molar-refractivity contribution in [1.82, 2.24) is 0 Å². The Hall–Kier alpha value is -1.75. The van der Waals surface area contributed by atoms with Crippen LogP contribution in [0, 0.1) is 5.92 Å². The van der Waals surface area contributed by atoms with Crippen LogP contribution in [0.2, 0.25) is 0 Å². The van der Waals surface area contributed by atoms with Gasteiger partial charge in [-0.15, -0.1) is 11.8 Å². The summed E-state index contributed by atoms with van der Waals surface area (Å²) in [6.07, 6.45) is 3.67. The average molecular weight is 336 g/mol. The molecular formula is C18H24O4S. The van der Waals surface area contributed by atoms with E-state index in [0.717, 1.165) is 11.3 Å². The number of ether oxygens (including phenoxy) is 2. The van der Waals surface area contributed by atoms with E-state index in [4.69, 9.17) is 4.74 Å². The second kappa shape index (κ2) is 8.77. The molecule has 0 saturated carbocycles. The van der Waals surface area contributed by atoms with E-state index in [9.17, 15) is 9.59 Å². The Bertz CT molecular complexity index is 565. The third-order valence-electron chi connectivity index (χ3n) is 3.62. The number of carbonyl (C=O) groups is 2. The van der Waals surface area contributed by atoms with Crippen molar-refractivity contribution in [3.63, 3.8) is 0 Å². The van der Waals surface area contributed by atoms with Gasteiger partial charge in [-0.05, 0) is 38.5 Å². The Morgan fingerprint density at radius 1 is 1.26 bits per heavy atom. The Morgan fingerprint density at radius 2 is 1.87 bits per heavy atom. The summed E-state index contributed by atoms with van der Waals surface area (Å²) in [7, 11) is 2.92. The van der Waals surface area contributed by atoms with Gasteiger partial charge in [0.25, 0.3) is 0 Å². The van der Waals surface area contributed by atoms with Gasteiger partial charge in [0.1, 0.15) is 11.7 Å². The molecule has 1 rings (SSSR count). The van der Waals surface area contributed by atoms with E-state index in [1.807, 2.05) is 50.3 Å². The fourth-order valence-corrected chi connectivity index (χ4v) is 3.40. The zero-order valence-electron chi connectivity index (χ0n) is 14.3. The molecule has 23 heavy (non-hydrogen) atoms. The van der Waals surface area contributed by atoms with Crippen molar-refractivity contribution in [1.29, 1.82) is 0 Å². The number of rotatable bonds is 8. The highest BCUT2D eigenvalue weighted by atomic mass is 32.2. The lowest BCUT2D eigenvalue weighted by Gasteiger charge is -2.26. The summed E-state index contributed by atoms with van der Waals surface area (Å²) in [6, 6.07) is 7.72. The van der Waals surface area contributed by atoms with Gasteiger partial charge in [0.2, 0.25) is 0 Å². The van der Waals surface area contributed by atoms with Gasteiger partial charge in [-0.25, -0.2) is 0 Å². The lowest BCUT2D eigenvalue weighted by atomic mass is 9.94. The predicted octanol–water partition coefficient (Wildman–Crippen LogP) is 3.64. The molecule has 1 aromatic rings. The molecule has 2 atom stereocenters. The van der Waals surface area contributed by atoms with Crippen molar-refractivity contribution in [2.24, 2.45) is 5.92 Å². The first-order valence-electron chi connectivity index (χ1n) is 7.40. The number of thioether (sulfide) groups is 1. The average Bonchev–Trinajstić information content (AvgIpc) is 2.58. The molecule has 5 heteroatoms. The Labute approximate surface area is 142 Å². The van der Waals surface area contributed by atoms with Crippen molar-refractivity contribution in [2.45, 2.75) is 31.3 Å². The zero-order valence-corrected chi connectivity index (χ0v) is 15.1. The standard InChI is InChI=1S/C18H24O4S/c1-6-11-18(3,16(19)13(2)17(20)22-5)23-12-14-7-9-15(21-4)10-8-14/h6-11,13H,12H2,1-5H3/b11-6+/t13?,18-/m1/s1. The minimum absolute atomic E-state index is 0.152. The highest BCUT2D eigenvalue weighted by molar-refractivity contribution is 8.00. The van der Waals surface area contributed by atoms with Crippen molar-refractivity contribution in [3.05, 3.63) is 42.0 Å². The summed E-state index contributed by atoms with van der Waals surface area (Å²) in [5, 5.41) is 0. The summed E-state index contributed by atoms with van der Waals surface area (Å²) in [5.74, 6) is 0.0106. The molecule has 0 fully saturated rings. The van der Waals surface area contributed by atoms with Gasteiger partial charge in [0.15, 0.2) is 5.78 Å². The van der Waals surface area contributed by atoms with Crippen LogP contribution in [-0.2, 0) is 20.1 Å². The number of methoxy groups -OCH3 is 2. The monoisotopic (exact) mass is 336 g/mol. The van der Waals surface area contributed by atoms with Crippen LogP contribution in [0.5, 0.6) is 5.75 Å². The number of benzene rings is 1. The van der Waals surface area contributed by atoms with Crippen molar-refractivity contribution in [3.8, 4) is 5.75 Å². The van der Waals surface area contributed by atoms with Gasteiger partial charge in [-0.1, -0.05) is 24.3 Å². The number of ketones is 1. The predicted molar refractivity (Wildman–Crippen MR) is 93.7 cm³/mol. The van der Waals surface area contributed by atoms with E-state index in [2.05, 4.69) is 4.74 Å². The van der Waals surface area contributed by atoms with Gasteiger partial charge in [0, 0.05) is 5.75 Å². The van der Waals surface area contributed by atoms with Crippen LogP contribution < -0.4 is 4.74 Å². The molecular weight excluding hydrogens is 312 g/mol. The molecule has 1 unspecified atom stereocenters. The second-order valence-corrected chi connectivity index (χ2v) is 6.78. The first-order chi connectivity index (χ1) is 10.9. The highest BCUT2D eigenvalue weighted by Crippen LogP contribution is 2.34. The molecule has 4 nitrogen and oxygen atoms in total. The maximum absolute atomic E-state index is 12.7. The largest absolute Gasteiger partial charge is 0.497 e. The minimum atomic E-state index is -0.787. The van der Waals surface area contributed by atoms with Crippen LogP contribution in [0.4, 0.5) is 0 Å². The van der Waals surface area contributed by atoms with Crippen LogP contribution in [0.3, 0.4) is 0 Å². The van der Waals surface area contributed by atoms with E-state index < -0.39 is 16.6 Å². The first-order valence-corrected chi connectivity index (χ1v) is 8.39. The van der Waals surface area contributed by atoms with E-state index in [1.54, 1.807) is 14.0 Å². The molecule has 0 bridgehead atoms. The summed E-state index contributed by atoms with van der Waals surface area (Å²) < 4.78 is 9.05. The molecule has 0 aliphatic rings. The molecule has 0 radical (unpaired) electrons. The van der Waals surface area contributed by atoms with E-state index in [1.165, 1.54) is 18.9 Å². The van der Waals surface area contributed by atoms with Crippen molar-refractivity contribution < 1.29 is 19.1 Å². The lowest BCUT2D eigenvalue weighted by molar-refractivity contribution is -0.148. The summed E-state index contributed by atoms with van der Waals surface area (Å²) in [4.78, 5) is 24.3. The molecule has 0 aliphatic carbocycles. The molecule has 1 aromatic carbocycles. The summed E-state index contributed by atoms with van der Waals surface area (Å²) >= 11 is 1.49. The highest BCUT2D eigenvalue weighted by Gasteiger charge is 2.37. The number of hydrogen-bond acceptors (Lipinski definition) is 5. The van der Waals surface area contributed by atoms with Gasteiger partial charge in [0.05, 0.1) is 19.0 Å². The fourth-order valence-electron chi connectivity index (χ4n) is 2.19. The molecule has 0 amide bonds. The number of allylic oxidation sites excluding steroid dienone is 1. The topological polar surface area (TPSA) is 52.6 Å². The van der Waals surface area contributed by atoms with E-state index in [0.29, 0.717) is 5.75 Å². The fraction of sp³-hybridized carbons (Fsp3) is 0.444. The Kier molecular flexibility index (Phi) is 7.36. The first kappa shape index (κ1) is 19.3. The zero-order chi connectivity index (χ0) is 17.5. The third-order valence-corrected chi connectivity index (χ3v) is 5.03. The van der Waals surface area contributed by atoms with Crippen LogP contribution >= 0.6 is 11.8 Å². The Balaban J connectivity index is 2.87. The quantitative estimate of drug-likeness (QED) is 0.412. The smallest absolute Gasteiger partial charge is 0.315 e. The number of carbonyl (C=O) groups excluding carboxylic acids is 2. The molecule has 0 aliphatic heterocycles. The van der Waals surface area contributed by atoms with Gasteiger partial charge < -0.3 is 9.47 Å². The van der Waals surface area contributed by atoms with Crippen LogP contribution in [-0.4, -0.2) is 30.7 Å². The summed E-state index contributed by atoms with van der Waals surface area (Å²) in [5.41, 5.74) is 1.09. The molecule has 0 N–H and O–H groups in total. The maximum Gasteiger partial charge on any atom is 0.315 e. The Morgan fingerprint density at radius 3 is 2.35 bits per heavy atom. The summed E-state index contributed by atoms with van der Waals surface area (Å²) in [6.45, 7) is 5.29. The number of esters is 1. The molecule has 126 valence electrons. The lowest BCUT2D eigenvalue weighted by Crippen LogP contribution is -2.38. The van der Waals surface area contributed by atoms with Gasteiger partial charge >= 0.3 is 5.97 Å². The molecule has 0 saturated heterocycles. The van der Waals surface area contributed by atoms with Crippen LogP contribution in [0.1, 0.15) is 26.3 Å². The molecule has 0 heterocycles. The maximum atomic E-state index is 12.7. The van der Waals surface area contributed by atoms with E-state index >= 15 is 0 Å². The van der Waals surface area contributed by atoms with Crippen LogP contribution in [0.15, 0.2) is 36.4 Å². The SMILES string of the molecule is C/C=C/[C@@](C)(SCc1ccc(OC)cc1)C(=O)C(C)C(=O)OC. The van der Waals surface area contributed by atoms with Gasteiger partial charge in [-0.2, -0.15) is 0 Å². The van der Waals surface area contributed by atoms with E-state index in [-0.39, 0.29) is 5.78 Å². The van der Waals surface area contributed by atoms with Crippen molar-refractivity contribution >= 4 is 23.5 Å². The van der Waals surface area contributed by atoms with Crippen LogP contribution in [0.25, 0.3) is 0 Å². The number of Topliss-reactive ketones (excluding diaryl/α,β-unsaturated/α-hetero) is 1. The molecule has 0 spiro atoms.